The summed E-state index contributed by atoms with van der Waals surface area (Å²) in [7, 11) is 1.54. The summed E-state index contributed by atoms with van der Waals surface area (Å²) in [5.74, 6) is 0.335. The number of hydrogen-bond donors (Lipinski definition) is 2. The molecule has 0 unspecified atom stereocenters. The van der Waals surface area contributed by atoms with Crippen LogP contribution in [-0.2, 0) is 9.53 Å². The third-order valence-electron chi connectivity index (χ3n) is 4.32. The first-order valence-corrected chi connectivity index (χ1v) is 9.29. The molecule has 1 saturated heterocycles. The quantitative estimate of drug-likeness (QED) is 0.775. The number of benzene rings is 2. The van der Waals surface area contributed by atoms with Gasteiger partial charge in [-0.15, -0.1) is 0 Å². The first-order chi connectivity index (χ1) is 13.6. The van der Waals surface area contributed by atoms with E-state index in [0.717, 1.165) is 0 Å². The number of methoxy groups -OCH3 is 1. The van der Waals surface area contributed by atoms with Crippen LogP contribution in [0.1, 0.15) is 10.4 Å². The fourth-order valence-corrected chi connectivity index (χ4v) is 3.07. The highest BCUT2D eigenvalue weighted by Gasteiger charge is 2.18. The van der Waals surface area contributed by atoms with Crippen molar-refractivity contribution < 1.29 is 19.1 Å². The minimum atomic E-state index is -0.209. The summed E-state index contributed by atoms with van der Waals surface area (Å²) in [5, 5.41) is 6.26. The maximum atomic E-state index is 12.4. The zero-order valence-electron chi connectivity index (χ0n) is 15.5. The number of carbonyl (C=O) groups excluding carboxylic acids is 2. The molecule has 0 atom stereocenters. The van der Waals surface area contributed by atoms with Crippen molar-refractivity contribution in [2.24, 2.45) is 0 Å². The van der Waals surface area contributed by atoms with Crippen LogP contribution in [-0.4, -0.2) is 56.7 Å². The van der Waals surface area contributed by atoms with Crippen molar-refractivity contribution in [1.82, 2.24) is 4.90 Å². The zero-order valence-corrected chi connectivity index (χ0v) is 16.3. The molecule has 8 heteroatoms. The van der Waals surface area contributed by atoms with E-state index in [9.17, 15) is 9.59 Å². The standard InChI is InChI=1S/C20H22ClN3O4/c1-27-18-7-6-16(12-17(18)21)22-13-19(25)23-15-4-2-14(3-5-15)20(26)24-8-10-28-11-9-24/h2-7,12,22H,8-11,13H2,1H3,(H,23,25). The first-order valence-electron chi connectivity index (χ1n) is 8.91. The van der Waals surface area contributed by atoms with Crippen LogP contribution < -0.4 is 15.4 Å². The number of nitrogens with one attached hydrogen (secondary N) is 2. The summed E-state index contributed by atoms with van der Waals surface area (Å²) >= 11 is 6.07. The Balaban J connectivity index is 1.51. The van der Waals surface area contributed by atoms with Crippen LogP contribution in [0.15, 0.2) is 42.5 Å². The van der Waals surface area contributed by atoms with Gasteiger partial charge in [-0.3, -0.25) is 9.59 Å². The molecule has 148 valence electrons. The molecular weight excluding hydrogens is 382 g/mol. The van der Waals surface area contributed by atoms with Gasteiger partial charge in [-0.25, -0.2) is 0 Å². The SMILES string of the molecule is COc1ccc(NCC(=O)Nc2ccc(C(=O)N3CCOCC3)cc2)cc1Cl. The molecular formula is C20H22ClN3O4. The van der Waals surface area contributed by atoms with Crippen LogP contribution >= 0.6 is 11.6 Å². The Morgan fingerprint density at radius 1 is 1.11 bits per heavy atom. The minimum absolute atomic E-state index is 0.0285. The van der Waals surface area contributed by atoms with Gasteiger partial charge in [0.1, 0.15) is 5.75 Å². The number of rotatable bonds is 6. The Bertz CT molecular complexity index is 836. The smallest absolute Gasteiger partial charge is 0.254 e. The maximum Gasteiger partial charge on any atom is 0.254 e. The first kappa shape index (κ1) is 20.0. The van der Waals surface area contributed by atoms with Crippen molar-refractivity contribution in [3.8, 4) is 5.75 Å². The molecule has 0 saturated carbocycles. The third kappa shape index (κ3) is 5.15. The fraction of sp³-hybridized carbons (Fsp3) is 0.300. The molecule has 28 heavy (non-hydrogen) atoms. The molecule has 1 aliphatic heterocycles. The Hall–Kier alpha value is -2.77. The van der Waals surface area contributed by atoms with E-state index in [2.05, 4.69) is 10.6 Å². The average Bonchev–Trinajstić information content (AvgIpc) is 2.73. The largest absolute Gasteiger partial charge is 0.495 e. The topological polar surface area (TPSA) is 79.9 Å². The van der Waals surface area contributed by atoms with Crippen LogP contribution in [0.5, 0.6) is 5.75 Å². The lowest BCUT2D eigenvalue weighted by molar-refractivity contribution is -0.114. The number of hydrogen-bond acceptors (Lipinski definition) is 5. The second-order valence-corrected chi connectivity index (χ2v) is 6.64. The van der Waals surface area contributed by atoms with Gasteiger partial charge in [0.2, 0.25) is 5.91 Å². The molecule has 0 bridgehead atoms. The van der Waals surface area contributed by atoms with Crippen molar-refractivity contribution >= 4 is 34.8 Å². The maximum absolute atomic E-state index is 12.4. The summed E-state index contributed by atoms with van der Waals surface area (Å²) in [5.41, 5.74) is 1.93. The highest BCUT2D eigenvalue weighted by atomic mass is 35.5. The molecule has 1 heterocycles. The Labute approximate surface area is 168 Å². The Morgan fingerprint density at radius 2 is 1.79 bits per heavy atom. The van der Waals surface area contributed by atoms with Gasteiger partial charge in [0.15, 0.2) is 0 Å². The number of halogens is 1. The Morgan fingerprint density at radius 3 is 2.43 bits per heavy atom. The third-order valence-corrected chi connectivity index (χ3v) is 4.61. The van der Waals surface area contributed by atoms with Crippen molar-refractivity contribution in [3.63, 3.8) is 0 Å². The molecule has 7 nitrogen and oxygen atoms in total. The van der Waals surface area contributed by atoms with E-state index < -0.39 is 0 Å². The van der Waals surface area contributed by atoms with Crippen LogP contribution in [0.25, 0.3) is 0 Å². The molecule has 0 radical (unpaired) electrons. The molecule has 1 aliphatic rings. The predicted molar refractivity (Wildman–Crippen MR) is 108 cm³/mol. The van der Waals surface area contributed by atoms with Crippen molar-refractivity contribution in [1.29, 1.82) is 0 Å². The molecule has 2 aromatic rings. The second-order valence-electron chi connectivity index (χ2n) is 6.23. The highest BCUT2D eigenvalue weighted by Crippen LogP contribution is 2.27. The van der Waals surface area contributed by atoms with Gasteiger partial charge in [0.05, 0.1) is 31.9 Å². The van der Waals surface area contributed by atoms with E-state index in [4.69, 9.17) is 21.1 Å². The monoisotopic (exact) mass is 403 g/mol. The summed E-state index contributed by atoms with van der Waals surface area (Å²) in [4.78, 5) is 26.3. The van der Waals surface area contributed by atoms with Gasteiger partial charge >= 0.3 is 0 Å². The molecule has 0 aromatic heterocycles. The van der Waals surface area contributed by atoms with Gasteiger partial charge in [0, 0.05) is 30.0 Å². The molecule has 0 spiro atoms. The van der Waals surface area contributed by atoms with Gasteiger partial charge in [-0.1, -0.05) is 11.6 Å². The minimum Gasteiger partial charge on any atom is -0.495 e. The lowest BCUT2D eigenvalue weighted by Gasteiger charge is -2.26. The van der Waals surface area contributed by atoms with E-state index in [-0.39, 0.29) is 18.4 Å². The van der Waals surface area contributed by atoms with Crippen LogP contribution in [0.3, 0.4) is 0 Å². The van der Waals surface area contributed by atoms with Gasteiger partial charge in [-0.2, -0.15) is 0 Å². The molecule has 3 rings (SSSR count). The summed E-state index contributed by atoms with van der Waals surface area (Å²) < 4.78 is 10.4. The summed E-state index contributed by atoms with van der Waals surface area (Å²) in [6.45, 7) is 2.40. The van der Waals surface area contributed by atoms with E-state index in [1.54, 1.807) is 54.5 Å². The highest BCUT2D eigenvalue weighted by molar-refractivity contribution is 6.32. The summed E-state index contributed by atoms with van der Waals surface area (Å²) in [6, 6.07) is 12.1. The number of morpholine rings is 1. The van der Waals surface area contributed by atoms with E-state index in [0.29, 0.717) is 54.0 Å². The molecule has 2 N–H and O–H groups in total. The lowest BCUT2D eigenvalue weighted by atomic mass is 10.1. The average molecular weight is 404 g/mol. The second kappa shape index (κ2) is 9.43. The number of amides is 2. The normalized spacial score (nSPS) is 13.7. The van der Waals surface area contributed by atoms with E-state index in [1.807, 2.05) is 0 Å². The predicted octanol–water partition coefficient (Wildman–Crippen LogP) is 2.87. The van der Waals surface area contributed by atoms with Crippen LogP contribution in [0, 0.1) is 0 Å². The van der Waals surface area contributed by atoms with Crippen molar-refractivity contribution in [3.05, 3.63) is 53.1 Å². The van der Waals surface area contributed by atoms with Gasteiger partial charge in [0.25, 0.3) is 5.91 Å². The van der Waals surface area contributed by atoms with Gasteiger partial charge in [-0.05, 0) is 42.5 Å². The Kier molecular flexibility index (Phi) is 6.73. The number of nitrogens with zero attached hydrogens (tertiary/aromatic N) is 1. The van der Waals surface area contributed by atoms with Gasteiger partial charge < -0.3 is 25.0 Å². The zero-order chi connectivity index (χ0) is 19.9. The number of anilines is 2. The van der Waals surface area contributed by atoms with E-state index in [1.165, 1.54) is 0 Å². The fourth-order valence-electron chi connectivity index (χ4n) is 2.81. The number of ether oxygens (including phenoxy) is 2. The molecule has 1 fully saturated rings. The summed E-state index contributed by atoms with van der Waals surface area (Å²) in [6.07, 6.45) is 0. The van der Waals surface area contributed by atoms with Crippen molar-refractivity contribution in [2.45, 2.75) is 0 Å². The number of carbonyl (C=O) groups is 2. The van der Waals surface area contributed by atoms with Crippen LogP contribution in [0.2, 0.25) is 5.02 Å². The molecule has 0 aliphatic carbocycles. The lowest BCUT2D eigenvalue weighted by Crippen LogP contribution is -2.40. The molecule has 2 amide bonds. The molecule has 2 aromatic carbocycles. The van der Waals surface area contributed by atoms with Crippen LogP contribution in [0.4, 0.5) is 11.4 Å². The van der Waals surface area contributed by atoms with Crippen molar-refractivity contribution in [2.75, 3.05) is 50.6 Å². The van der Waals surface area contributed by atoms with E-state index >= 15 is 0 Å².